The van der Waals surface area contributed by atoms with Gasteiger partial charge in [0.2, 0.25) is 0 Å². The topological polar surface area (TPSA) is 64.7 Å². The van der Waals surface area contributed by atoms with Crippen LogP contribution in [-0.4, -0.2) is 15.0 Å². The summed E-state index contributed by atoms with van der Waals surface area (Å²) in [6.07, 6.45) is 5.13. The highest BCUT2D eigenvalue weighted by Crippen LogP contribution is 2.28. The quantitative estimate of drug-likeness (QED) is 0.694. The second-order valence-electron chi connectivity index (χ2n) is 3.36. The van der Waals surface area contributed by atoms with Crippen molar-refractivity contribution in [1.82, 2.24) is 15.0 Å². The number of fused-ring (bicyclic) bond motifs is 1. The molecule has 3 aromatic rings. The normalized spacial score (nSPS) is 10.8. The lowest BCUT2D eigenvalue weighted by Gasteiger charge is -1.99. The number of hydrogen-bond acceptors (Lipinski definition) is 5. The molecule has 0 amide bonds. The number of benzene rings is 1. The third-order valence-corrected chi connectivity index (χ3v) is 3.19. The van der Waals surface area contributed by atoms with Gasteiger partial charge in [0.15, 0.2) is 5.13 Å². The van der Waals surface area contributed by atoms with Crippen molar-refractivity contribution in [3.63, 3.8) is 0 Å². The van der Waals surface area contributed by atoms with Gasteiger partial charge in [-0.15, -0.1) is 0 Å². The fraction of sp³-hybridized carbons (Fsp3) is 0. The van der Waals surface area contributed by atoms with Crippen molar-refractivity contribution in [1.29, 1.82) is 0 Å². The molecule has 0 bridgehead atoms. The minimum atomic E-state index is 0.583. The Labute approximate surface area is 95.8 Å². The minimum absolute atomic E-state index is 0.583. The fourth-order valence-corrected chi connectivity index (χ4v) is 2.24. The van der Waals surface area contributed by atoms with E-state index in [1.54, 1.807) is 18.7 Å². The summed E-state index contributed by atoms with van der Waals surface area (Å²) >= 11 is 1.48. The van der Waals surface area contributed by atoms with E-state index in [9.17, 15) is 0 Å². The molecule has 0 saturated carbocycles. The first kappa shape index (κ1) is 9.23. The van der Waals surface area contributed by atoms with Gasteiger partial charge in [-0.05, 0) is 17.7 Å². The van der Waals surface area contributed by atoms with Gasteiger partial charge < -0.3 is 5.73 Å². The maximum atomic E-state index is 5.61. The number of nitrogen functional groups attached to an aromatic ring is 1. The third-order valence-electron chi connectivity index (χ3n) is 2.31. The van der Waals surface area contributed by atoms with Crippen molar-refractivity contribution in [2.75, 3.05) is 5.73 Å². The van der Waals surface area contributed by atoms with Crippen molar-refractivity contribution in [3.05, 3.63) is 36.9 Å². The molecule has 1 aromatic carbocycles. The molecular formula is C11H8N4S. The lowest BCUT2D eigenvalue weighted by molar-refractivity contribution is 1.22. The van der Waals surface area contributed by atoms with E-state index >= 15 is 0 Å². The molecule has 2 heterocycles. The van der Waals surface area contributed by atoms with E-state index < -0.39 is 0 Å². The zero-order chi connectivity index (χ0) is 11.0. The Hall–Kier alpha value is -2.01. The van der Waals surface area contributed by atoms with Gasteiger partial charge in [-0.2, -0.15) is 0 Å². The van der Waals surface area contributed by atoms with Gasteiger partial charge in [0.25, 0.3) is 0 Å². The highest BCUT2D eigenvalue weighted by atomic mass is 32.1. The number of rotatable bonds is 1. The number of nitrogens with zero attached hydrogens (tertiary/aromatic N) is 3. The molecule has 78 valence electrons. The van der Waals surface area contributed by atoms with Gasteiger partial charge in [-0.3, -0.25) is 0 Å². The van der Waals surface area contributed by atoms with E-state index in [1.807, 2.05) is 18.2 Å². The summed E-state index contributed by atoms with van der Waals surface area (Å²) in [6, 6.07) is 6.03. The molecule has 16 heavy (non-hydrogen) atoms. The van der Waals surface area contributed by atoms with E-state index in [4.69, 9.17) is 5.73 Å². The van der Waals surface area contributed by atoms with Crippen LogP contribution in [0.15, 0.2) is 36.9 Å². The monoisotopic (exact) mass is 228 g/mol. The van der Waals surface area contributed by atoms with Crippen LogP contribution >= 0.6 is 11.3 Å². The highest BCUT2D eigenvalue weighted by molar-refractivity contribution is 7.18. The SMILES string of the molecule is Nc1ncc(-c2ccc3ncncc3c2)s1. The molecule has 0 aliphatic rings. The zero-order valence-electron chi connectivity index (χ0n) is 8.29. The maximum absolute atomic E-state index is 5.61. The highest BCUT2D eigenvalue weighted by Gasteiger charge is 2.03. The molecule has 2 aromatic heterocycles. The largest absolute Gasteiger partial charge is 0.375 e. The molecule has 0 fully saturated rings. The summed E-state index contributed by atoms with van der Waals surface area (Å²) < 4.78 is 0. The summed E-state index contributed by atoms with van der Waals surface area (Å²) in [5.74, 6) is 0. The molecule has 3 rings (SSSR count). The van der Waals surface area contributed by atoms with Crippen LogP contribution in [0.4, 0.5) is 5.13 Å². The minimum Gasteiger partial charge on any atom is -0.375 e. The lowest BCUT2D eigenvalue weighted by atomic mass is 10.1. The van der Waals surface area contributed by atoms with Crippen molar-refractivity contribution in [3.8, 4) is 10.4 Å². The van der Waals surface area contributed by atoms with E-state index in [0.717, 1.165) is 21.3 Å². The third kappa shape index (κ3) is 1.51. The van der Waals surface area contributed by atoms with Crippen molar-refractivity contribution < 1.29 is 0 Å². The summed E-state index contributed by atoms with van der Waals surface area (Å²) in [5.41, 5.74) is 7.65. The molecule has 4 nitrogen and oxygen atoms in total. The van der Waals surface area contributed by atoms with Crippen LogP contribution in [0.25, 0.3) is 21.3 Å². The first-order chi connectivity index (χ1) is 7.83. The molecule has 2 N–H and O–H groups in total. The van der Waals surface area contributed by atoms with E-state index in [2.05, 4.69) is 15.0 Å². The number of aromatic nitrogens is 3. The molecule has 0 atom stereocenters. The number of hydrogen-bond donors (Lipinski definition) is 1. The molecule has 0 unspecified atom stereocenters. The Morgan fingerprint density at radius 2 is 2.06 bits per heavy atom. The summed E-state index contributed by atoms with van der Waals surface area (Å²) in [7, 11) is 0. The predicted molar refractivity (Wildman–Crippen MR) is 65.1 cm³/mol. The standard InChI is InChI=1S/C11H8N4S/c12-11-14-5-10(16-11)7-1-2-9-8(3-7)4-13-6-15-9/h1-6H,(H2,12,14). The summed E-state index contributed by atoms with van der Waals surface area (Å²) in [6.45, 7) is 0. The van der Waals surface area contributed by atoms with Gasteiger partial charge in [0.05, 0.1) is 10.4 Å². The first-order valence-corrected chi connectivity index (χ1v) is 5.56. The van der Waals surface area contributed by atoms with Crippen LogP contribution in [0.5, 0.6) is 0 Å². The van der Waals surface area contributed by atoms with Gasteiger partial charge in [0, 0.05) is 17.8 Å². The zero-order valence-corrected chi connectivity index (χ0v) is 9.11. The Morgan fingerprint density at radius 1 is 1.12 bits per heavy atom. The van der Waals surface area contributed by atoms with Gasteiger partial charge in [0.1, 0.15) is 6.33 Å². The second-order valence-corrected chi connectivity index (χ2v) is 4.42. The Morgan fingerprint density at radius 3 is 2.88 bits per heavy atom. The van der Waals surface area contributed by atoms with Gasteiger partial charge in [-0.1, -0.05) is 17.4 Å². The molecule has 5 heteroatoms. The number of nitrogens with two attached hydrogens (primary N) is 1. The molecular weight excluding hydrogens is 220 g/mol. The van der Waals surface area contributed by atoms with E-state index in [-0.39, 0.29) is 0 Å². The van der Waals surface area contributed by atoms with E-state index in [0.29, 0.717) is 5.13 Å². The van der Waals surface area contributed by atoms with Crippen LogP contribution in [0.2, 0.25) is 0 Å². The smallest absolute Gasteiger partial charge is 0.180 e. The maximum Gasteiger partial charge on any atom is 0.180 e. The van der Waals surface area contributed by atoms with Gasteiger partial charge in [-0.25, -0.2) is 15.0 Å². The Kier molecular flexibility index (Phi) is 2.04. The average molecular weight is 228 g/mol. The van der Waals surface area contributed by atoms with Crippen LogP contribution in [0.3, 0.4) is 0 Å². The van der Waals surface area contributed by atoms with Gasteiger partial charge >= 0.3 is 0 Å². The van der Waals surface area contributed by atoms with Crippen LogP contribution in [-0.2, 0) is 0 Å². The second kappa shape index (κ2) is 3.53. The number of thiazole rings is 1. The summed E-state index contributed by atoms with van der Waals surface area (Å²) in [5, 5.41) is 1.60. The first-order valence-electron chi connectivity index (χ1n) is 4.74. The van der Waals surface area contributed by atoms with Crippen LogP contribution in [0.1, 0.15) is 0 Å². The van der Waals surface area contributed by atoms with Crippen molar-refractivity contribution >= 4 is 27.4 Å². The molecule has 0 spiro atoms. The Balaban J connectivity index is 2.18. The molecule has 0 radical (unpaired) electrons. The van der Waals surface area contributed by atoms with Crippen LogP contribution < -0.4 is 5.73 Å². The molecule has 0 aliphatic carbocycles. The molecule has 0 aliphatic heterocycles. The molecule has 0 saturated heterocycles. The van der Waals surface area contributed by atoms with Crippen molar-refractivity contribution in [2.45, 2.75) is 0 Å². The van der Waals surface area contributed by atoms with Crippen LogP contribution in [0, 0.1) is 0 Å². The van der Waals surface area contributed by atoms with Crippen molar-refractivity contribution in [2.24, 2.45) is 0 Å². The lowest BCUT2D eigenvalue weighted by Crippen LogP contribution is -1.81. The fourth-order valence-electron chi connectivity index (χ4n) is 1.56. The Bertz CT molecular complexity index is 647. The average Bonchev–Trinajstić information content (AvgIpc) is 2.75. The van der Waals surface area contributed by atoms with E-state index in [1.165, 1.54) is 11.3 Å². The summed E-state index contributed by atoms with van der Waals surface area (Å²) in [4.78, 5) is 13.3. The predicted octanol–water partition coefficient (Wildman–Crippen LogP) is 2.34. The number of anilines is 1.